The third-order valence-electron chi connectivity index (χ3n) is 7.05. The van der Waals surface area contributed by atoms with E-state index in [2.05, 4.69) is 72.8 Å². The molecule has 0 saturated carbocycles. The van der Waals surface area contributed by atoms with Gasteiger partial charge in [0.1, 0.15) is 11.5 Å². The maximum atomic E-state index is 5.98. The number of fused-ring (bicyclic) bond motifs is 2. The number of allylic oxidation sites excluding steroid dienone is 2. The summed E-state index contributed by atoms with van der Waals surface area (Å²) in [6.45, 7) is 1.47. The molecule has 8 rings (SSSR count). The van der Waals surface area contributed by atoms with Gasteiger partial charge in [-0.3, -0.25) is 0 Å². The van der Waals surface area contributed by atoms with Crippen LogP contribution in [0, 0.1) is 0 Å². The molecule has 2 aromatic heterocycles. The van der Waals surface area contributed by atoms with Gasteiger partial charge in [-0.2, -0.15) is 0 Å². The largest absolute Gasteiger partial charge is 0.494 e. The molecular weight excluding hydrogens is 468 g/mol. The summed E-state index contributed by atoms with van der Waals surface area (Å²) < 4.78 is 12.0. The highest BCUT2D eigenvalue weighted by Gasteiger charge is 2.09. The minimum Gasteiger partial charge on any atom is -0.494 e. The van der Waals surface area contributed by atoms with Crippen LogP contribution in [0.2, 0.25) is 0 Å². The van der Waals surface area contributed by atoms with Crippen molar-refractivity contribution in [1.29, 1.82) is 0 Å². The molecule has 0 spiro atoms. The van der Waals surface area contributed by atoms with E-state index in [1.807, 2.05) is 24.3 Å². The quantitative estimate of drug-likeness (QED) is 0.157. The van der Waals surface area contributed by atoms with Crippen LogP contribution in [0.4, 0.5) is 0 Å². The van der Waals surface area contributed by atoms with Gasteiger partial charge in [-0.1, -0.05) is 36.4 Å². The van der Waals surface area contributed by atoms with E-state index in [0.29, 0.717) is 0 Å². The topological polar surface area (TPSA) is 44.2 Å². The van der Waals surface area contributed by atoms with Crippen molar-refractivity contribution in [3.8, 4) is 34.0 Å². The number of pyridine rings is 2. The zero-order valence-corrected chi connectivity index (χ0v) is 21.6. The van der Waals surface area contributed by atoms with Crippen molar-refractivity contribution >= 4 is 21.8 Å². The zero-order valence-electron chi connectivity index (χ0n) is 21.6. The van der Waals surface area contributed by atoms with Gasteiger partial charge in [0, 0.05) is 21.9 Å². The molecule has 3 aliphatic rings. The molecule has 4 nitrogen and oxygen atoms in total. The van der Waals surface area contributed by atoms with Crippen LogP contribution in [0.15, 0.2) is 97.1 Å². The fourth-order valence-corrected chi connectivity index (χ4v) is 4.88. The molecule has 5 heterocycles. The number of ether oxygens (including phenoxy) is 2. The highest BCUT2D eigenvalue weighted by molar-refractivity contribution is 6.04. The lowest BCUT2D eigenvalue weighted by molar-refractivity contribution is 0.306. The van der Waals surface area contributed by atoms with Crippen LogP contribution in [0.5, 0.6) is 11.5 Å². The van der Waals surface area contributed by atoms with Crippen molar-refractivity contribution < 1.29 is 9.47 Å². The van der Waals surface area contributed by atoms with Crippen LogP contribution in [0.1, 0.15) is 38.5 Å². The highest BCUT2D eigenvalue weighted by atomic mass is 16.5. The first kappa shape index (κ1) is 24.2. The fraction of sp³-hybridized carbons (Fsp3) is 0.235. The molecule has 4 heteroatoms. The first-order valence-electron chi connectivity index (χ1n) is 13.7. The Hall–Kier alpha value is -4.18. The van der Waals surface area contributed by atoms with Crippen molar-refractivity contribution in [3.05, 3.63) is 97.1 Å². The summed E-state index contributed by atoms with van der Waals surface area (Å²) in [7, 11) is 0. The van der Waals surface area contributed by atoms with E-state index in [1.54, 1.807) is 0 Å². The lowest BCUT2D eigenvalue weighted by Crippen LogP contribution is -1.97. The Labute approximate surface area is 224 Å². The number of rotatable bonds is 0. The molecule has 3 aromatic carbocycles. The Morgan fingerprint density at radius 3 is 1.32 bits per heavy atom. The molecule has 0 radical (unpaired) electrons. The molecule has 0 saturated heterocycles. The fourth-order valence-electron chi connectivity index (χ4n) is 4.88. The first-order chi connectivity index (χ1) is 18.8. The second-order valence-corrected chi connectivity index (χ2v) is 9.81. The van der Waals surface area contributed by atoms with Crippen molar-refractivity contribution in [2.45, 2.75) is 38.5 Å². The molecule has 190 valence electrons. The summed E-state index contributed by atoms with van der Waals surface area (Å²) in [6, 6.07) is 29.2. The maximum Gasteiger partial charge on any atom is 0.119 e. The molecule has 0 atom stereocenters. The SMILES string of the molecule is C1=C/CCCCOc2ccc(cc2)-c2ccc3ccc4ccc(nc4c3n2)-c2ccc(cc2)OCCCC/1. The third-order valence-corrected chi connectivity index (χ3v) is 7.05. The molecule has 0 amide bonds. The van der Waals surface area contributed by atoms with E-state index in [9.17, 15) is 0 Å². The summed E-state index contributed by atoms with van der Waals surface area (Å²) in [5.74, 6) is 1.80. The number of nitrogens with zero attached hydrogens (tertiary/aromatic N) is 2. The van der Waals surface area contributed by atoms with Crippen molar-refractivity contribution in [3.63, 3.8) is 0 Å². The molecule has 0 fully saturated rings. The number of hydrogen-bond donors (Lipinski definition) is 0. The average Bonchev–Trinajstić information content (AvgIpc) is 2.97. The smallest absolute Gasteiger partial charge is 0.119 e. The molecule has 0 N–H and O–H groups in total. The van der Waals surface area contributed by atoms with E-state index in [-0.39, 0.29) is 0 Å². The Morgan fingerprint density at radius 1 is 0.447 bits per heavy atom. The first-order valence-corrected chi connectivity index (χ1v) is 13.7. The summed E-state index contributed by atoms with van der Waals surface area (Å²) >= 11 is 0. The summed E-state index contributed by atoms with van der Waals surface area (Å²) in [4.78, 5) is 10.1. The van der Waals surface area contributed by atoms with Crippen molar-refractivity contribution in [2.75, 3.05) is 13.2 Å². The van der Waals surface area contributed by atoms with Gasteiger partial charge in [0.05, 0.1) is 35.6 Å². The molecule has 5 aromatic rings. The molecule has 0 unspecified atom stereocenters. The molecule has 38 heavy (non-hydrogen) atoms. The lowest BCUT2D eigenvalue weighted by Gasteiger charge is -2.10. The van der Waals surface area contributed by atoms with E-state index < -0.39 is 0 Å². The zero-order chi connectivity index (χ0) is 25.6. The average molecular weight is 501 g/mol. The van der Waals surface area contributed by atoms with Gasteiger partial charge in [0.15, 0.2) is 0 Å². The molecule has 8 bridgehead atoms. The van der Waals surface area contributed by atoms with Crippen LogP contribution in [-0.2, 0) is 0 Å². The summed E-state index contributed by atoms with van der Waals surface area (Å²) in [5.41, 5.74) is 5.82. The van der Waals surface area contributed by atoms with Crippen LogP contribution < -0.4 is 9.47 Å². The predicted molar refractivity (Wildman–Crippen MR) is 156 cm³/mol. The van der Waals surface area contributed by atoms with Gasteiger partial charge in [-0.05, 0) is 99.2 Å². The third kappa shape index (κ3) is 5.55. The Balaban J connectivity index is 1.35. The highest BCUT2D eigenvalue weighted by Crippen LogP contribution is 2.30. The second kappa shape index (κ2) is 11.5. The van der Waals surface area contributed by atoms with Crippen LogP contribution in [0.3, 0.4) is 0 Å². The number of benzene rings is 3. The monoisotopic (exact) mass is 500 g/mol. The standard InChI is InChI=1S/C34H32N2O2/c1-2-4-6-8-24-38-30-19-13-26(14-20-30)32-22-16-28-10-9-27-15-21-31(35-33(27)34(28)36-32)25-11-17-29(18-12-25)37-23-7-5-3-1/h1-2,9-22H,3-8,23-24H2/b2-1+. The molecular formula is C34H32N2O2. The van der Waals surface area contributed by atoms with E-state index >= 15 is 0 Å². The number of aromatic nitrogens is 2. The minimum atomic E-state index is 0.736. The molecule has 0 aliphatic carbocycles. The van der Waals surface area contributed by atoms with E-state index in [0.717, 1.165) is 108 Å². The van der Waals surface area contributed by atoms with Crippen LogP contribution in [0.25, 0.3) is 44.3 Å². The van der Waals surface area contributed by atoms with Crippen LogP contribution >= 0.6 is 0 Å². The number of hydrogen-bond acceptors (Lipinski definition) is 4. The van der Waals surface area contributed by atoms with Gasteiger partial charge in [-0.15, -0.1) is 0 Å². The minimum absolute atomic E-state index is 0.736. The lowest BCUT2D eigenvalue weighted by atomic mass is 10.1. The Bertz CT molecular complexity index is 1440. The Morgan fingerprint density at radius 2 is 0.868 bits per heavy atom. The normalized spacial score (nSPS) is 15.7. The van der Waals surface area contributed by atoms with Crippen molar-refractivity contribution in [1.82, 2.24) is 9.97 Å². The summed E-state index contributed by atoms with van der Waals surface area (Å²) in [6.07, 6.45) is 11.2. The van der Waals surface area contributed by atoms with Crippen LogP contribution in [-0.4, -0.2) is 23.2 Å². The van der Waals surface area contributed by atoms with Crippen molar-refractivity contribution in [2.24, 2.45) is 0 Å². The van der Waals surface area contributed by atoms with Gasteiger partial charge in [0.2, 0.25) is 0 Å². The molecule has 3 aliphatic heterocycles. The maximum absolute atomic E-state index is 5.98. The Kier molecular flexibility index (Phi) is 7.30. The van der Waals surface area contributed by atoms with Gasteiger partial charge in [0.25, 0.3) is 0 Å². The second-order valence-electron chi connectivity index (χ2n) is 9.81. The van der Waals surface area contributed by atoms with Gasteiger partial charge in [-0.25, -0.2) is 9.97 Å². The van der Waals surface area contributed by atoms with Gasteiger partial charge >= 0.3 is 0 Å². The van der Waals surface area contributed by atoms with E-state index in [4.69, 9.17) is 19.4 Å². The summed E-state index contributed by atoms with van der Waals surface area (Å²) in [5, 5.41) is 2.16. The van der Waals surface area contributed by atoms with Gasteiger partial charge < -0.3 is 9.47 Å². The van der Waals surface area contributed by atoms with E-state index in [1.165, 1.54) is 0 Å². The predicted octanol–water partition coefficient (Wildman–Crippen LogP) is 8.79.